The smallest absolute Gasteiger partial charge is 0.143 e. The Hall–Kier alpha value is -7.94. The number of anilines is 3. The van der Waals surface area contributed by atoms with E-state index >= 15 is 0 Å². The summed E-state index contributed by atoms with van der Waals surface area (Å²) in [6.45, 7) is 0. The first-order valence-corrected chi connectivity index (χ1v) is 21.0. The van der Waals surface area contributed by atoms with E-state index in [2.05, 4.69) is 241 Å². The molecule has 0 N–H and O–H groups in total. The molecule has 2 nitrogen and oxygen atoms in total. The van der Waals surface area contributed by atoms with Gasteiger partial charge in [0.2, 0.25) is 0 Å². The van der Waals surface area contributed by atoms with Gasteiger partial charge in [0.05, 0.1) is 5.41 Å². The minimum Gasteiger partial charge on any atom is -0.455 e. The van der Waals surface area contributed by atoms with Gasteiger partial charge in [-0.15, -0.1) is 0 Å². The van der Waals surface area contributed by atoms with Gasteiger partial charge in [0.15, 0.2) is 0 Å². The van der Waals surface area contributed by atoms with E-state index in [1.54, 1.807) is 0 Å². The summed E-state index contributed by atoms with van der Waals surface area (Å²) >= 11 is 0. The number of fused-ring (bicyclic) bond motifs is 7. The van der Waals surface area contributed by atoms with Crippen LogP contribution in [0.25, 0.3) is 66.1 Å². The first-order valence-electron chi connectivity index (χ1n) is 21.0. The van der Waals surface area contributed by atoms with Gasteiger partial charge in [-0.1, -0.05) is 182 Å². The summed E-state index contributed by atoms with van der Waals surface area (Å²) in [7, 11) is 0. The van der Waals surface area contributed by atoms with Crippen molar-refractivity contribution in [3.05, 3.63) is 259 Å². The van der Waals surface area contributed by atoms with E-state index in [0.29, 0.717) is 0 Å². The average molecular weight is 778 g/mol. The maximum absolute atomic E-state index is 7.16. The van der Waals surface area contributed by atoms with Crippen LogP contribution in [0.2, 0.25) is 0 Å². The Labute approximate surface area is 355 Å². The number of para-hydroxylation sites is 1. The van der Waals surface area contributed by atoms with E-state index in [1.165, 1.54) is 55.3 Å². The van der Waals surface area contributed by atoms with Crippen molar-refractivity contribution in [2.75, 3.05) is 4.90 Å². The summed E-state index contributed by atoms with van der Waals surface area (Å²) < 4.78 is 7.16. The third kappa shape index (κ3) is 5.50. The molecule has 0 atom stereocenters. The molecule has 0 radical (unpaired) electrons. The number of rotatable bonds is 7. The van der Waals surface area contributed by atoms with E-state index in [4.69, 9.17) is 4.42 Å². The van der Waals surface area contributed by atoms with Crippen LogP contribution in [0, 0.1) is 0 Å². The molecule has 1 aliphatic rings. The third-order valence-electron chi connectivity index (χ3n) is 12.7. The molecule has 0 fully saturated rings. The van der Waals surface area contributed by atoms with E-state index in [-0.39, 0.29) is 0 Å². The Morgan fingerprint density at radius 3 is 1.64 bits per heavy atom. The predicted octanol–water partition coefficient (Wildman–Crippen LogP) is 15.9. The van der Waals surface area contributed by atoms with Crippen molar-refractivity contribution >= 4 is 49.8 Å². The lowest BCUT2D eigenvalue weighted by Gasteiger charge is -2.34. The Morgan fingerprint density at radius 1 is 0.344 bits per heavy atom. The summed E-state index contributed by atoms with van der Waals surface area (Å²) in [5.74, 6) is 0. The summed E-state index contributed by atoms with van der Waals surface area (Å²) in [6, 6.07) is 85.7. The molecule has 0 spiro atoms. The summed E-state index contributed by atoms with van der Waals surface area (Å²) in [6.07, 6.45) is 0. The largest absolute Gasteiger partial charge is 0.455 e. The van der Waals surface area contributed by atoms with Crippen molar-refractivity contribution < 1.29 is 4.42 Å². The number of nitrogens with zero attached hydrogens (tertiary/aromatic N) is 1. The Kier molecular flexibility index (Phi) is 8.11. The second-order valence-corrected chi connectivity index (χ2v) is 16.0. The molecule has 1 aromatic heterocycles. The zero-order chi connectivity index (χ0) is 40.3. The Balaban J connectivity index is 1.07. The van der Waals surface area contributed by atoms with Crippen LogP contribution in [-0.4, -0.2) is 0 Å². The van der Waals surface area contributed by atoms with Gasteiger partial charge in [0.1, 0.15) is 11.2 Å². The number of hydrogen-bond acceptors (Lipinski definition) is 2. The lowest BCUT2D eigenvalue weighted by Crippen LogP contribution is -2.28. The van der Waals surface area contributed by atoms with Gasteiger partial charge in [0.25, 0.3) is 0 Å². The molecule has 1 aliphatic carbocycles. The maximum Gasteiger partial charge on any atom is 0.143 e. The molecule has 0 amide bonds. The zero-order valence-corrected chi connectivity index (χ0v) is 33.4. The van der Waals surface area contributed by atoms with Crippen molar-refractivity contribution in [2.45, 2.75) is 5.41 Å². The SMILES string of the molecule is c1ccc(-c2ccc(N(c3ccccc3)c3ccc4c(c3)oc3c(-c5ccc6c(c5)C(c5ccccc5)(c5ccccc5)c5ccccc5-6)c5ccccc5cc34)cc2)cc1. The molecule has 11 aromatic rings. The number of benzene rings is 10. The van der Waals surface area contributed by atoms with Crippen LogP contribution < -0.4 is 4.90 Å². The topological polar surface area (TPSA) is 16.4 Å². The fraction of sp³-hybridized carbons (Fsp3) is 0.0169. The average Bonchev–Trinajstić information content (AvgIpc) is 3.85. The number of furan rings is 1. The highest BCUT2D eigenvalue weighted by molar-refractivity contribution is 6.19. The van der Waals surface area contributed by atoms with E-state index < -0.39 is 5.41 Å². The van der Waals surface area contributed by atoms with Gasteiger partial charge >= 0.3 is 0 Å². The first-order chi connectivity index (χ1) is 30.3. The first kappa shape index (κ1) is 35.0. The van der Waals surface area contributed by atoms with Crippen LogP contribution in [0.15, 0.2) is 241 Å². The van der Waals surface area contributed by atoms with Crippen LogP contribution >= 0.6 is 0 Å². The highest BCUT2D eigenvalue weighted by Gasteiger charge is 2.46. The van der Waals surface area contributed by atoms with Gasteiger partial charge in [-0.25, -0.2) is 0 Å². The standard InChI is InChI=1S/C59H39NO/c1-5-17-40(18-6-1)41-29-32-47(33-30-41)60(46-24-11-4-12-25-46)48-34-36-52-53-37-42-19-13-14-26-49(42)57(58(53)61-56(52)39-48)43-31-35-51-50-27-15-16-28-54(50)59(55(51)38-43,44-20-7-2-8-21-44)45-22-9-3-10-23-45/h1-39H. The Morgan fingerprint density at radius 2 is 0.902 bits per heavy atom. The van der Waals surface area contributed by atoms with Crippen molar-refractivity contribution in [3.63, 3.8) is 0 Å². The molecule has 1 heterocycles. The molecule has 10 aromatic carbocycles. The van der Waals surface area contributed by atoms with Crippen molar-refractivity contribution in [1.82, 2.24) is 0 Å². The monoisotopic (exact) mass is 777 g/mol. The summed E-state index contributed by atoms with van der Waals surface area (Å²) in [5, 5.41) is 4.55. The third-order valence-corrected chi connectivity index (χ3v) is 12.7. The van der Waals surface area contributed by atoms with Gasteiger partial charge in [-0.2, -0.15) is 0 Å². The predicted molar refractivity (Wildman–Crippen MR) is 254 cm³/mol. The minimum absolute atomic E-state index is 0.503. The van der Waals surface area contributed by atoms with Gasteiger partial charge < -0.3 is 9.32 Å². The molecule has 0 aliphatic heterocycles. The van der Waals surface area contributed by atoms with Gasteiger partial charge in [0, 0.05) is 39.5 Å². The van der Waals surface area contributed by atoms with Crippen LogP contribution in [0.3, 0.4) is 0 Å². The van der Waals surface area contributed by atoms with Crippen molar-refractivity contribution in [2.24, 2.45) is 0 Å². The lowest BCUT2D eigenvalue weighted by atomic mass is 9.67. The summed E-state index contributed by atoms with van der Waals surface area (Å²) in [5.41, 5.74) is 16.7. The molecule has 0 saturated carbocycles. The van der Waals surface area contributed by atoms with Crippen molar-refractivity contribution in [1.29, 1.82) is 0 Å². The molecule has 12 rings (SSSR count). The molecule has 0 bridgehead atoms. The molecular formula is C59H39NO. The van der Waals surface area contributed by atoms with Gasteiger partial charge in [-0.3, -0.25) is 0 Å². The lowest BCUT2D eigenvalue weighted by molar-refractivity contribution is 0.670. The fourth-order valence-electron chi connectivity index (χ4n) is 10.0. The highest BCUT2D eigenvalue weighted by atomic mass is 16.3. The molecular weight excluding hydrogens is 739 g/mol. The zero-order valence-electron chi connectivity index (χ0n) is 33.4. The van der Waals surface area contributed by atoms with Crippen LogP contribution in [0.5, 0.6) is 0 Å². The van der Waals surface area contributed by atoms with Crippen LogP contribution in [0.1, 0.15) is 22.3 Å². The van der Waals surface area contributed by atoms with Crippen LogP contribution in [0.4, 0.5) is 17.1 Å². The van der Waals surface area contributed by atoms with E-state index in [9.17, 15) is 0 Å². The second-order valence-electron chi connectivity index (χ2n) is 16.0. The molecule has 286 valence electrons. The van der Waals surface area contributed by atoms with Gasteiger partial charge in [-0.05, 0) is 109 Å². The maximum atomic E-state index is 7.16. The van der Waals surface area contributed by atoms with E-state index in [0.717, 1.165) is 50.1 Å². The molecule has 0 saturated heterocycles. The second kappa shape index (κ2) is 14.1. The molecule has 61 heavy (non-hydrogen) atoms. The van der Waals surface area contributed by atoms with Crippen LogP contribution in [-0.2, 0) is 5.41 Å². The minimum atomic E-state index is -0.503. The summed E-state index contributed by atoms with van der Waals surface area (Å²) in [4.78, 5) is 2.31. The molecule has 0 unspecified atom stereocenters. The Bertz CT molecular complexity index is 3350. The quantitative estimate of drug-likeness (QED) is 0.160. The number of hydrogen-bond donors (Lipinski definition) is 0. The fourth-order valence-corrected chi connectivity index (χ4v) is 10.0. The highest BCUT2D eigenvalue weighted by Crippen LogP contribution is 2.57. The normalized spacial score (nSPS) is 12.7. The van der Waals surface area contributed by atoms with Crippen molar-refractivity contribution in [3.8, 4) is 33.4 Å². The van der Waals surface area contributed by atoms with E-state index in [1.807, 2.05) is 0 Å². The molecule has 2 heteroatoms.